The van der Waals surface area contributed by atoms with E-state index in [2.05, 4.69) is 10.6 Å². The number of amides is 3. The molecule has 1 aliphatic rings. The lowest BCUT2D eigenvalue weighted by molar-refractivity contribution is -0.145. The molecular weight excluding hydrogens is 320 g/mol. The standard InChI is InChI=1S/C14H24N4O6/c1-7(14(23)24)16-12(21)9-4-3-5-18(9)13(22)11(8(2)19)17-10(20)6-15/h7-9,11,19H,3-6,15H2,1-2H3,(H,16,21)(H,17,20)(H,23,24). The minimum absolute atomic E-state index is 0.278. The van der Waals surface area contributed by atoms with Crippen LogP contribution in [0.4, 0.5) is 0 Å². The van der Waals surface area contributed by atoms with Crippen LogP contribution in [0.3, 0.4) is 0 Å². The summed E-state index contributed by atoms with van der Waals surface area (Å²) in [5.74, 6) is -2.97. The predicted molar refractivity (Wildman–Crippen MR) is 82.6 cm³/mol. The summed E-state index contributed by atoms with van der Waals surface area (Å²) in [6.45, 7) is 2.61. The summed E-state index contributed by atoms with van der Waals surface area (Å²) in [4.78, 5) is 48.3. The third-order valence-electron chi connectivity index (χ3n) is 3.82. The van der Waals surface area contributed by atoms with E-state index in [-0.39, 0.29) is 13.1 Å². The second kappa shape index (κ2) is 8.60. The van der Waals surface area contributed by atoms with Crippen molar-refractivity contribution in [3.63, 3.8) is 0 Å². The van der Waals surface area contributed by atoms with Crippen LogP contribution in [0.5, 0.6) is 0 Å². The van der Waals surface area contributed by atoms with Crippen molar-refractivity contribution in [1.29, 1.82) is 0 Å². The van der Waals surface area contributed by atoms with Crippen molar-refractivity contribution in [2.45, 2.75) is 50.9 Å². The Kier molecular flexibility index (Phi) is 7.11. The molecule has 1 fully saturated rings. The molecule has 4 atom stereocenters. The Balaban J connectivity index is 2.84. The molecule has 1 aliphatic heterocycles. The van der Waals surface area contributed by atoms with Crippen molar-refractivity contribution in [1.82, 2.24) is 15.5 Å². The third kappa shape index (κ3) is 4.90. The maximum atomic E-state index is 12.6. The van der Waals surface area contributed by atoms with Crippen molar-refractivity contribution < 1.29 is 29.4 Å². The van der Waals surface area contributed by atoms with Gasteiger partial charge in [-0.3, -0.25) is 19.2 Å². The second-order valence-electron chi connectivity index (χ2n) is 5.75. The average molecular weight is 344 g/mol. The van der Waals surface area contributed by atoms with Crippen molar-refractivity contribution in [3.05, 3.63) is 0 Å². The Morgan fingerprint density at radius 2 is 1.88 bits per heavy atom. The third-order valence-corrected chi connectivity index (χ3v) is 3.82. The molecule has 0 spiro atoms. The van der Waals surface area contributed by atoms with Gasteiger partial charge in [0.05, 0.1) is 12.6 Å². The molecule has 0 bridgehead atoms. The monoisotopic (exact) mass is 344 g/mol. The van der Waals surface area contributed by atoms with E-state index in [4.69, 9.17) is 10.8 Å². The van der Waals surface area contributed by atoms with E-state index >= 15 is 0 Å². The zero-order valence-corrected chi connectivity index (χ0v) is 13.7. The topological polar surface area (TPSA) is 162 Å². The predicted octanol–water partition coefficient (Wildman–Crippen LogP) is -2.61. The number of likely N-dealkylation sites (tertiary alicyclic amines) is 1. The van der Waals surface area contributed by atoms with Crippen LogP contribution in [0.25, 0.3) is 0 Å². The molecule has 1 heterocycles. The minimum atomic E-state index is -1.22. The first kappa shape index (κ1) is 19.8. The Hall–Kier alpha value is -2.20. The van der Waals surface area contributed by atoms with Gasteiger partial charge >= 0.3 is 5.97 Å². The summed E-state index contributed by atoms with van der Waals surface area (Å²) in [7, 11) is 0. The molecular formula is C14H24N4O6. The fourth-order valence-electron chi connectivity index (χ4n) is 2.47. The molecule has 1 saturated heterocycles. The first-order valence-corrected chi connectivity index (χ1v) is 7.70. The van der Waals surface area contributed by atoms with Crippen LogP contribution >= 0.6 is 0 Å². The Morgan fingerprint density at radius 3 is 2.38 bits per heavy atom. The van der Waals surface area contributed by atoms with Gasteiger partial charge in [0.2, 0.25) is 17.7 Å². The average Bonchev–Trinajstić information content (AvgIpc) is 3.00. The number of nitrogens with zero attached hydrogens (tertiary/aromatic N) is 1. The molecule has 0 aromatic carbocycles. The summed E-state index contributed by atoms with van der Waals surface area (Å²) in [6, 6.07) is -3.14. The highest BCUT2D eigenvalue weighted by molar-refractivity contribution is 5.94. The van der Waals surface area contributed by atoms with E-state index in [1.165, 1.54) is 18.7 Å². The molecule has 0 aromatic heterocycles. The minimum Gasteiger partial charge on any atom is -0.480 e. The van der Waals surface area contributed by atoms with Crippen LogP contribution in [0.1, 0.15) is 26.7 Å². The van der Waals surface area contributed by atoms with E-state index in [1.807, 2.05) is 0 Å². The highest BCUT2D eigenvalue weighted by Crippen LogP contribution is 2.19. The Morgan fingerprint density at radius 1 is 1.25 bits per heavy atom. The summed E-state index contributed by atoms with van der Waals surface area (Å²) < 4.78 is 0. The van der Waals surface area contributed by atoms with Gasteiger partial charge in [0.1, 0.15) is 18.1 Å². The number of carboxylic acids is 1. The number of rotatable bonds is 7. The largest absolute Gasteiger partial charge is 0.480 e. The quantitative estimate of drug-likeness (QED) is 0.338. The zero-order chi connectivity index (χ0) is 18.4. The van der Waals surface area contributed by atoms with Crippen molar-refractivity contribution in [2.75, 3.05) is 13.1 Å². The smallest absolute Gasteiger partial charge is 0.325 e. The lowest BCUT2D eigenvalue weighted by atomic mass is 10.1. The van der Waals surface area contributed by atoms with Gasteiger partial charge in [-0.1, -0.05) is 0 Å². The molecule has 4 unspecified atom stereocenters. The van der Waals surface area contributed by atoms with E-state index in [9.17, 15) is 24.3 Å². The highest BCUT2D eigenvalue weighted by Gasteiger charge is 2.39. The first-order chi connectivity index (χ1) is 11.2. The maximum absolute atomic E-state index is 12.6. The highest BCUT2D eigenvalue weighted by atomic mass is 16.4. The van der Waals surface area contributed by atoms with Crippen molar-refractivity contribution >= 4 is 23.7 Å². The summed E-state index contributed by atoms with van der Waals surface area (Å²) >= 11 is 0. The molecule has 24 heavy (non-hydrogen) atoms. The summed E-state index contributed by atoms with van der Waals surface area (Å²) in [6.07, 6.45) is -0.237. The van der Waals surface area contributed by atoms with E-state index in [0.717, 1.165) is 0 Å². The van der Waals surface area contributed by atoms with Crippen LogP contribution in [0.15, 0.2) is 0 Å². The molecule has 10 nitrogen and oxygen atoms in total. The summed E-state index contributed by atoms with van der Waals surface area (Å²) in [5, 5.41) is 23.3. The van der Waals surface area contributed by atoms with E-state index < -0.39 is 47.9 Å². The van der Waals surface area contributed by atoms with Gasteiger partial charge in [-0.2, -0.15) is 0 Å². The molecule has 0 radical (unpaired) electrons. The fraction of sp³-hybridized carbons (Fsp3) is 0.714. The van der Waals surface area contributed by atoms with E-state index in [1.54, 1.807) is 0 Å². The van der Waals surface area contributed by atoms with Crippen molar-refractivity contribution in [2.24, 2.45) is 5.73 Å². The molecule has 3 amide bonds. The molecule has 136 valence electrons. The number of carbonyl (C=O) groups excluding carboxylic acids is 3. The van der Waals surface area contributed by atoms with E-state index in [0.29, 0.717) is 12.8 Å². The molecule has 0 saturated carbocycles. The number of nitrogens with one attached hydrogen (secondary N) is 2. The van der Waals surface area contributed by atoms with Gasteiger partial charge in [-0.05, 0) is 26.7 Å². The maximum Gasteiger partial charge on any atom is 0.325 e. The van der Waals surface area contributed by atoms with Crippen LogP contribution in [0, 0.1) is 0 Å². The molecule has 6 N–H and O–H groups in total. The van der Waals surface area contributed by atoms with Crippen LogP contribution in [0.2, 0.25) is 0 Å². The van der Waals surface area contributed by atoms with Gasteiger partial charge in [-0.25, -0.2) is 0 Å². The van der Waals surface area contributed by atoms with Gasteiger partial charge in [-0.15, -0.1) is 0 Å². The normalized spacial score (nSPS) is 20.8. The van der Waals surface area contributed by atoms with Crippen LogP contribution in [-0.2, 0) is 19.2 Å². The van der Waals surface area contributed by atoms with Gasteiger partial charge in [0, 0.05) is 6.54 Å². The number of nitrogens with two attached hydrogens (primary N) is 1. The van der Waals surface area contributed by atoms with Crippen LogP contribution < -0.4 is 16.4 Å². The molecule has 1 rings (SSSR count). The number of aliphatic hydroxyl groups excluding tert-OH is 1. The SMILES string of the molecule is CC(NC(=O)C1CCCN1C(=O)C(NC(=O)CN)C(C)O)C(=O)O. The summed E-state index contributed by atoms with van der Waals surface area (Å²) in [5.41, 5.74) is 5.19. The van der Waals surface area contributed by atoms with Crippen molar-refractivity contribution in [3.8, 4) is 0 Å². The molecule has 10 heteroatoms. The number of aliphatic carboxylic acids is 1. The van der Waals surface area contributed by atoms with Gasteiger partial charge < -0.3 is 31.5 Å². The molecule has 0 aromatic rings. The van der Waals surface area contributed by atoms with Crippen LogP contribution in [-0.4, -0.2) is 76.1 Å². The number of hydrogen-bond acceptors (Lipinski definition) is 6. The molecule has 0 aliphatic carbocycles. The second-order valence-corrected chi connectivity index (χ2v) is 5.75. The lowest BCUT2D eigenvalue weighted by Gasteiger charge is -2.30. The number of carboxylic acid groups (broad SMARTS) is 1. The number of hydrogen-bond donors (Lipinski definition) is 5. The number of aliphatic hydroxyl groups is 1. The Bertz CT molecular complexity index is 509. The Labute approximate surface area is 139 Å². The van der Waals surface area contributed by atoms with Gasteiger partial charge in [0.15, 0.2) is 0 Å². The van der Waals surface area contributed by atoms with Gasteiger partial charge in [0.25, 0.3) is 0 Å². The first-order valence-electron chi connectivity index (χ1n) is 7.70. The fourth-order valence-corrected chi connectivity index (χ4v) is 2.47. The zero-order valence-electron chi connectivity index (χ0n) is 13.7. The number of carbonyl (C=O) groups is 4. The lowest BCUT2D eigenvalue weighted by Crippen LogP contribution is -2.58.